The van der Waals surface area contributed by atoms with Gasteiger partial charge in [0.2, 0.25) is 0 Å². The molecule has 0 fully saturated rings. The molecule has 5 heteroatoms. The number of carboxylic acid groups (broad SMARTS) is 1. The van der Waals surface area contributed by atoms with E-state index in [1.165, 1.54) is 6.07 Å². The van der Waals surface area contributed by atoms with E-state index >= 15 is 0 Å². The Balaban J connectivity index is 2.47. The molecule has 0 radical (unpaired) electrons. The lowest BCUT2D eigenvalue weighted by Crippen LogP contribution is -2.10. The van der Waals surface area contributed by atoms with Gasteiger partial charge < -0.3 is 10.4 Å². The van der Waals surface area contributed by atoms with Crippen molar-refractivity contribution < 1.29 is 9.90 Å². The lowest BCUT2D eigenvalue weighted by Gasteiger charge is -2.07. The van der Waals surface area contributed by atoms with E-state index in [1.807, 2.05) is 6.08 Å². The highest BCUT2D eigenvalue weighted by Gasteiger charge is 2.09. The Kier molecular flexibility index (Phi) is 5.42. The van der Waals surface area contributed by atoms with Crippen molar-refractivity contribution in [2.24, 2.45) is 0 Å². The van der Waals surface area contributed by atoms with Gasteiger partial charge in [0.1, 0.15) is 11.4 Å². The van der Waals surface area contributed by atoms with Crippen molar-refractivity contribution in [3.8, 4) is 0 Å². The zero-order valence-corrected chi connectivity index (χ0v) is 9.67. The standard InChI is InChI=1S/C11H14N2O2S/c1-2-7-16-8-6-13-10-9(11(14)15)4-3-5-12-10/h2-5H,1,6-8H2,(H,12,13)(H,14,15). The van der Waals surface area contributed by atoms with Crippen molar-refractivity contribution in [2.45, 2.75) is 0 Å². The first-order valence-corrected chi connectivity index (χ1v) is 6.02. The molecule has 16 heavy (non-hydrogen) atoms. The van der Waals surface area contributed by atoms with E-state index in [2.05, 4.69) is 16.9 Å². The van der Waals surface area contributed by atoms with E-state index in [9.17, 15) is 4.79 Å². The SMILES string of the molecule is C=CCSCCNc1ncccc1C(=O)O. The minimum absolute atomic E-state index is 0.205. The Morgan fingerprint density at radius 1 is 1.69 bits per heavy atom. The van der Waals surface area contributed by atoms with Gasteiger partial charge in [-0.15, -0.1) is 6.58 Å². The summed E-state index contributed by atoms with van der Waals surface area (Å²) in [5, 5.41) is 11.9. The van der Waals surface area contributed by atoms with E-state index in [0.717, 1.165) is 11.5 Å². The van der Waals surface area contributed by atoms with Crippen LogP contribution in [0.4, 0.5) is 5.82 Å². The lowest BCUT2D eigenvalue weighted by atomic mass is 10.2. The van der Waals surface area contributed by atoms with Crippen molar-refractivity contribution in [1.29, 1.82) is 0 Å². The molecule has 0 aliphatic carbocycles. The number of nitrogens with one attached hydrogen (secondary N) is 1. The zero-order valence-electron chi connectivity index (χ0n) is 8.85. The number of thioether (sulfide) groups is 1. The summed E-state index contributed by atoms with van der Waals surface area (Å²) in [6.45, 7) is 4.31. The molecule has 0 aromatic carbocycles. The second-order valence-electron chi connectivity index (χ2n) is 3.00. The first-order valence-electron chi connectivity index (χ1n) is 4.86. The van der Waals surface area contributed by atoms with Gasteiger partial charge in [-0.1, -0.05) is 6.08 Å². The van der Waals surface area contributed by atoms with Crippen molar-refractivity contribution in [1.82, 2.24) is 4.98 Å². The fraction of sp³-hybridized carbons (Fsp3) is 0.273. The number of hydrogen-bond donors (Lipinski definition) is 2. The van der Waals surface area contributed by atoms with Gasteiger partial charge in [0.15, 0.2) is 0 Å². The molecule has 1 aromatic rings. The van der Waals surface area contributed by atoms with Gasteiger partial charge >= 0.3 is 5.97 Å². The van der Waals surface area contributed by atoms with Crippen LogP contribution in [0.2, 0.25) is 0 Å². The monoisotopic (exact) mass is 238 g/mol. The molecular formula is C11H14N2O2S. The Morgan fingerprint density at radius 2 is 2.50 bits per heavy atom. The van der Waals surface area contributed by atoms with Crippen molar-refractivity contribution in [2.75, 3.05) is 23.4 Å². The number of hydrogen-bond acceptors (Lipinski definition) is 4. The first-order chi connectivity index (χ1) is 7.75. The van der Waals surface area contributed by atoms with Crippen LogP contribution in [-0.2, 0) is 0 Å². The summed E-state index contributed by atoms with van der Waals surface area (Å²) in [6, 6.07) is 3.15. The number of pyridine rings is 1. The quantitative estimate of drug-likeness (QED) is 0.562. The van der Waals surface area contributed by atoms with Crippen LogP contribution in [-0.4, -0.2) is 34.1 Å². The van der Waals surface area contributed by atoms with Gasteiger partial charge in [0.05, 0.1) is 0 Å². The number of aromatic carboxylic acids is 1. The molecule has 1 aromatic heterocycles. The van der Waals surface area contributed by atoms with Crippen LogP contribution in [0.3, 0.4) is 0 Å². The summed E-state index contributed by atoms with van der Waals surface area (Å²) in [5.41, 5.74) is 0.205. The van der Waals surface area contributed by atoms with Gasteiger partial charge in [-0.3, -0.25) is 0 Å². The maximum Gasteiger partial charge on any atom is 0.339 e. The fourth-order valence-corrected chi connectivity index (χ4v) is 1.71. The Labute approximate surface area is 98.8 Å². The maximum absolute atomic E-state index is 10.9. The molecule has 86 valence electrons. The summed E-state index contributed by atoms with van der Waals surface area (Å²) in [4.78, 5) is 14.9. The molecule has 4 nitrogen and oxygen atoms in total. The Hall–Kier alpha value is -1.49. The van der Waals surface area contributed by atoms with Crippen molar-refractivity contribution in [3.05, 3.63) is 36.5 Å². The zero-order chi connectivity index (χ0) is 11.8. The number of carbonyl (C=O) groups is 1. The van der Waals surface area contributed by atoms with Crippen LogP contribution >= 0.6 is 11.8 Å². The summed E-state index contributed by atoms with van der Waals surface area (Å²) < 4.78 is 0. The van der Waals surface area contributed by atoms with Crippen LogP contribution in [0.25, 0.3) is 0 Å². The van der Waals surface area contributed by atoms with Gasteiger partial charge in [0.25, 0.3) is 0 Å². The molecule has 0 saturated heterocycles. The van der Waals surface area contributed by atoms with Crippen molar-refractivity contribution >= 4 is 23.5 Å². The molecule has 0 aliphatic rings. The average Bonchev–Trinajstić information content (AvgIpc) is 2.29. The molecule has 0 aliphatic heterocycles. The van der Waals surface area contributed by atoms with Crippen molar-refractivity contribution in [3.63, 3.8) is 0 Å². The highest BCUT2D eigenvalue weighted by Crippen LogP contribution is 2.11. The Morgan fingerprint density at radius 3 is 3.19 bits per heavy atom. The predicted octanol–water partition coefficient (Wildman–Crippen LogP) is 2.11. The van der Waals surface area contributed by atoms with Gasteiger partial charge in [0, 0.05) is 24.2 Å². The van der Waals surface area contributed by atoms with Crippen LogP contribution in [0.5, 0.6) is 0 Å². The molecule has 0 spiro atoms. The van der Waals surface area contributed by atoms with E-state index < -0.39 is 5.97 Å². The Bertz CT molecular complexity index is 369. The normalized spacial score (nSPS) is 9.75. The van der Waals surface area contributed by atoms with E-state index in [4.69, 9.17) is 5.11 Å². The van der Waals surface area contributed by atoms with Gasteiger partial charge in [-0.25, -0.2) is 9.78 Å². The number of nitrogens with zero attached hydrogens (tertiary/aromatic N) is 1. The molecule has 0 atom stereocenters. The fourth-order valence-electron chi connectivity index (χ4n) is 1.13. The maximum atomic E-state index is 10.9. The molecule has 1 rings (SSSR count). The van der Waals surface area contributed by atoms with E-state index in [0.29, 0.717) is 12.4 Å². The molecule has 0 unspecified atom stereocenters. The average molecular weight is 238 g/mol. The first kappa shape index (κ1) is 12.6. The second kappa shape index (κ2) is 6.90. The van der Waals surface area contributed by atoms with Crippen LogP contribution in [0.1, 0.15) is 10.4 Å². The van der Waals surface area contributed by atoms with Crippen LogP contribution in [0.15, 0.2) is 31.0 Å². The molecule has 2 N–H and O–H groups in total. The van der Waals surface area contributed by atoms with E-state index in [-0.39, 0.29) is 5.56 Å². The summed E-state index contributed by atoms with van der Waals surface area (Å²) >= 11 is 1.73. The number of aromatic nitrogens is 1. The molecular weight excluding hydrogens is 224 g/mol. The third-order valence-corrected chi connectivity index (χ3v) is 2.78. The third-order valence-electron chi connectivity index (χ3n) is 1.81. The largest absolute Gasteiger partial charge is 0.478 e. The minimum Gasteiger partial charge on any atom is -0.478 e. The third kappa shape index (κ3) is 3.94. The predicted molar refractivity (Wildman–Crippen MR) is 67.2 cm³/mol. The van der Waals surface area contributed by atoms with Gasteiger partial charge in [-0.2, -0.15) is 11.8 Å². The molecule has 0 bridgehead atoms. The van der Waals surface area contributed by atoms with Gasteiger partial charge in [-0.05, 0) is 12.1 Å². The minimum atomic E-state index is -0.964. The highest BCUT2D eigenvalue weighted by atomic mass is 32.2. The van der Waals surface area contributed by atoms with E-state index in [1.54, 1.807) is 24.0 Å². The summed E-state index contributed by atoms with van der Waals surface area (Å²) in [7, 11) is 0. The summed E-state index contributed by atoms with van der Waals surface area (Å²) in [6.07, 6.45) is 3.42. The topological polar surface area (TPSA) is 62.2 Å². The van der Waals surface area contributed by atoms with Crippen LogP contribution in [0, 0.1) is 0 Å². The second-order valence-corrected chi connectivity index (χ2v) is 4.14. The van der Waals surface area contributed by atoms with Crippen LogP contribution < -0.4 is 5.32 Å². The number of carboxylic acids is 1. The molecule has 0 amide bonds. The number of anilines is 1. The number of rotatable bonds is 7. The lowest BCUT2D eigenvalue weighted by molar-refractivity contribution is 0.0697. The summed E-state index contributed by atoms with van der Waals surface area (Å²) in [5.74, 6) is 1.25. The molecule has 1 heterocycles. The smallest absolute Gasteiger partial charge is 0.339 e. The molecule has 0 saturated carbocycles. The highest BCUT2D eigenvalue weighted by molar-refractivity contribution is 7.99.